The zero-order chi connectivity index (χ0) is 18.6. The summed E-state index contributed by atoms with van der Waals surface area (Å²) in [6.07, 6.45) is 6.13. The Hall–Kier alpha value is -2.66. The quantitative estimate of drug-likeness (QED) is 0.868. The molecular weight excluding hydrogens is 336 g/mol. The highest BCUT2D eigenvalue weighted by Crippen LogP contribution is 2.34. The predicted molar refractivity (Wildman–Crippen MR) is 107 cm³/mol. The molecule has 5 nitrogen and oxygen atoms in total. The number of carbonyl (C=O) groups is 1. The van der Waals surface area contributed by atoms with Gasteiger partial charge in [0.1, 0.15) is 6.04 Å². The highest BCUT2D eigenvalue weighted by molar-refractivity contribution is 6.07. The van der Waals surface area contributed by atoms with Crippen molar-refractivity contribution in [1.29, 1.82) is 0 Å². The minimum absolute atomic E-state index is 0.0783. The van der Waals surface area contributed by atoms with Gasteiger partial charge in [-0.15, -0.1) is 0 Å². The number of rotatable bonds is 4. The number of hydrazone groups is 1. The van der Waals surface area contributed by atoms with Gasteiger partial charge in [-0.3, -0.25) is 0 Å². The smallest absolute Gasteiger partial charge is 0.335 e. The van der Waals surface area contributed by atoms with E-state index in [9.17, 15) is 4.79 Å². The van der Waals surface area contributed by atoms with Gasteiger partial charge in [0.2, 0.25) is 0 Å². The first-order valence-electron chi connectivity index (χ1n) is 9.77. The molecule has 5 heteroatoms. The molecule has 1 aliphatic heterocycles. The SMILES string of the molecule is NC(=O)N1N=C(c2ccccc2)[C@H](NC2CCCCC2)[C@H]1c1ccccc1. The van der Waals surface area contributed by atoms with E-state index in [2.05, 4.69) is 10.4 Å². The van der Waals surface area contributed by atoms with Crippen molar-refractivity contribution in [3.8, 4) is 0 Å². The summed E-state index contributed by atoms with van der Waals surface area (Å²) in [7, 11) is 0. The lowest BCUT2D eigenvalue weighted by atomic mass is 9.89. The molecule has 3 N–H and O–H groups in total. The van der Waals surface area contributed by atoms with Crippen LogP contribution in [0, 0.1) is 0 Å². The van der Waals surface area contributed by atoms with E-state index in [1.54, 1.807) is 0 Å². The van der Waals surface area contributed by atoms with Gasteiger partial charge in [-0.05, 0) is 24.0 Å². The summed E-state index contributed by atoms with van der Waals surface area (Å²) in [5.41, 5.74) is 8.66. The van der Waals surface area contributed by atoms with Crippen LogP contribution in [0.15, 0.2) is 65.8 Å². The monoisotopic (exact) mass is 362 g/mol. The molecule has 4 rings (SSSR count). The average Bonchev–Trinajstić information content (AvgIpc) is 3.09. The second-order valence-corrected chi connectivity index (χ2v) is 7.37. The Morgan fingerprint density at radius 3 is 2.22 bits per heavy atom. The lowest BCUT2D eigenvalue weighted by molar-refractivity contribution is 0.185. The number of carbonyl (C=O) groups excluding carboxylic acids is 1. The molecule has 0 unspecified atom stereocenters. The van der Waals surface area contributed by atoms with Crippen molar-refractivity contribution in [2.75, 3.05) is 0 Å². The van der Waals surface area contributed by atoms with Gasteiger partial charge in [0.25, 0.3) is 0 Å². The van der Waals surface area contributed by atoms with E-state index in [0.717, 1.165) is 29.7 Å². The van der Waals surface area contributed by atoms with Crippen LogP contribution >= 0.6 is 0 Å². The van der Waals surface area contributed by atoms with Crippen molar-refractivity contribution in [2.24, 2.45) is 10.8 Å². The number of hydrogen-bond donors (Lipinski definition) is 2. The maximum atomic E-state index is 12.2. The van der Waals surface area contributed by atoms with E-state index in [-0.39, 0.29) is 12.1 Å². The third-order valence-electron chi connectivity index (χ3n) is 5.55. The van der Waals surface area contributed by atoms with E-state index >= 15 is 0 Å². The first kappa shape index (κ1) is 17.7. The number of hydrogen-bond acceptors (Lipinski definition) is 3. The molecule has 0 spiro atoms. The van der Waals surface area contributed by atoms with Crippen LogP contribution in [0.25, 0.3) is 0 Å². The standard InChI is InChI=1S/C22H26N4O/c23-22(27)26-21(17-12-6-2-7-13-17)20(24-18-14-8-3-9-15-18)19(25-26)16-10-4-1-5-11-16/h1-2,4-7,10-13,18,20-21,24H,3,8-9,14-15H2,(H2,23,27)/t20-,21+/m0/s1. The van der Waals surface area contributed by atoms with Crippen molar-refractivity contribution in [1.82, 2.24) is 10.3 Å². The van der Waals surface area contributed by atoms with Crippen molar-refractivity contribution < 1.29 is 4.79 Å². The molecule has 27 heavy (non-hydrogen) atoms. The Morgan fingerprint density at radius 1 is 0.963 bits per heavy atom. The fourth-order valence-electron chi connectivity index (χ4n) is 4.24. The molecule has 2 aromatic carbocycles. The van der Waals surface area contributed by atoms with Crippen LogP contribution in [0.1, 0.15) is 49.3 Å². The lowest BCUT2D eigenvalue weighted by Crippen LogP contribution is -2.48. The van der Waals surface area contributed by atoms with Crippen LogP contribution in [-0.2, 0) is 0 Å². The van der Waals surface area contributed by atoms with Crippen molar-refractivity contribution >= 4 is 11.7 Å². The predicted octanol–water partition coefficient (Wildman–Crippen LogP) is 3.82. The molecule has 1 aliphatic carbocycles. The van der Waals surface area contributed by atoms with Crippen LogP contribution in [0.4, 0.5) is 4.79 Å². The molecule has 0 saturated heterocycles. The van der Waals surface area contributed by atoms with Gasteiger partial charge in [0.15, 0.2) is 0 Å². The molecule has 0 bridgehead atoms. The Bertz CT molecular complexity index is 800. The first-order valence-corrected chi connectivity index (χ1v) is 9.77. The van der Waals surface area contributed by atoms with Gasteiger partial charge in [-0.2, -0.15) is 5.10 Å². The van der Waals surface area contributed by atoms with Gasteiger partial charge in [-0.25, -0.2) is 9.80 Å². The first-order chi connectivity index (χ1) is 13.2. The van der Waals surface area contributed by atoms with Gasteiger partial charge in [0, 0.05) is 6.04 Å². The molecule has 1 saturated carbocycles. The van der Waals surface area contributed by atoms with Gasteiger partial charge < -0.3 is 11.1 Å². The summed E-state index contributed by atoms with van der Waals surface area (Å²) in [6.45, 7) is 0. The number of urea groups is 1. The number of amides is 2. The van der Waals surface area contributed by atoms with E-state index in [1.807, 2.05) is 60.7 Å². The minimum atomic E-state index is -0.523. The molecule has 140 valence electrons. The molecule has 1 heterocycles. The molecule has 1 fully saturated rings. The largest absolute Gasteiger partial charge is 0.350 e. The van der Waals surface area contributed by atoms with E-state index < -0.39 is 6.03 Å². The van der Waals surface area contributed by atoms with Gasteiger partial charge in [-0.1, -0.05) is 79.9 Å². The van der Waals surface area contributed by atoms with E-state index in [1.165, 1.54) is 24.3 Å². The number of nitrogens with one attached hydrogen (secondary N) is 1. The summed E-state index contributed by atoms with van der Waals surface area (Å²) in [4.78, 5) is 12.2. The molecule has 2 atom stereocenters. The zero-order valence-electron chi connectivity index (χ0n) is 15.4. The fraction of sp³-hybridized carbons (Fsp3) is 0.364. The van der Waals surface area contributed by atoms with E-state index in [0.29, 0.717) is 6.04 Å². The van der Waals surface area contributed by atoms with E-state index in [4.69, 9.17) is 5.73 Å². The normalized spacial score (nSPS) is 23.3. The third kappa shape index (κ3) is 3.74. The van der Waals surface area contributed by atoms with Crippen molar-refractivity contribution in [3.05, 3.63) is 71.8 Å². The molecule has 2 aromatic rings. The summed E-state index contributed by atoms with van der Waals surface area (Å²) in [5, 5.41) is 9.94. The number of benzene rings is 2. The van der Waals surface area contributed by atoms with Gasteiger partial charge >= 0.3 is 6.03 Å². The number of primary amides is 1. The zero-order valence-corrected chi connectivity index (χ0v) is 15.4. The Kier molecular flexibility index (Phi) is 5.21. The summed E-state index contributed by atoms with van der Waals surface area (Å²) in [6, 6.07) is 19.7. The molecule has 2 aliphatic rings. The van der Waals surface area contributed by atoms with Crippen LogP contribution in [0.3, 0.4) is 0 Å². The topological polar surface area (TPSA) is 70.7 Å². The van der Waals surface area contributed by atoms with Crippen LogP contribution in [0.2, 0.25) is 0 Å². The molecule has 2 amide bonds. The van der Waals surface area contributed by atoms with Crippen molar-refractivity contribution in [3.63, 3.8) is 0 Å². The summed E-state index contributed by atoms with van der Waals surface area (Å²) >= 11 is 0. The third-order valence-corrected chi connectivity index (χ3v) is 5.55. The van der Waals surface area contributed by atoms with Crippen molar-refractivity contribution in [2.45, 2.75) is 50.2 Å². The van der Waals surface area contributed by atoms with Crippen LogP contribution < -0.4 is 11.1 Å². The summed E-state index contributed by atoms with van der Waals surface area (Å²) in [5.74, 6) is 0. The number of nitrogens with two attached hydrogens (primary N) is 1. The lowest BCUT2D eigenvalue weighted by Gasteiger charge is -2.32. The molecule has 0 radical (unpaired) electrons. The fourth-order valence-corrected chi connectivity index (χ4v) is 4.24. The van der Waals surface area contributed by atoms with Crippen LogP contribution in [0.5, 0.6) is 0 Å². The molecular formula is C22H26N4O. The second kappa shape index (κ2) is 7.92. The average molecular weight is 362 g/mol. The van der Waals surface area contributed by atoms with Crippen LogP contribution in [-0.4, -0.2) is 28.8 Å². The highest BCUT2D eigenvalue weighted by Gasteiger charge is 2.42. The molecule has 0 aromatic heterocycles. The maximum Gasteiger partial charge on any atom is 0.335 e. The summed E-state index contributed by atoms with van der Waals surface area (Å²) < 4.78 is 0. The minimum Gasteiger partial charge on any atom is -0.350 e. The Balaban J connectivity index is 1.73. The Labute approximate surface area is 160 Å². The maximum absolute atomic E-state index is 12.2. The van der Waals surface area contributed by atoms with Gasteiger partial charge in [0.05, 0.1) is 11.8 Å². The second-order valence-electron chi connectivity index (χ2n) is 7.37. The number of nitrogens with zero attached hydrogens (tertiary/aromatic N) is 2. The Morgan fingerprint density at radius 2 is 1.59 bits per heavy atom. The highest BCUT2D eigenvalue weighted by atomic mass is 16.2.